The molecule has 2 atom stereocenters. The number of nitrogens with zero attached hydrogens (tertiary/aromatic N) is 1. The number of nitrogens with one attached hydrogen (secondary N) is 1. The van der Waals surface area contributed by atoms with Crippen molar-refractivity contribution in [1.29, 1.82) is 0 Å². The van der Waals surface area contributed by atoms with Crippen LogP contribution in [0.4, 0.5) is 10.1 Å². The van der Waals surface area contributed by atoms with Gasteiger partial charge >= 0.3 is 0 Å². The fraction of sp³-hybridized carbons (Fsp3) is 0.600. The van der Waals surface area contributed by atoms with E-state index < -0.39 is 0 Å². The highest BCUT2D eigenvalue weighted by atomic mass is 19.1. The largest absolute Gasteiger partial charge is 0.370 e. The van der Waals surface area contributed by atoms with Crippen LogP contribution >= 0.6 is 0 Å². The van der Waals surface area contributed by atoms with Gasteiger partial charge in [-0.15, -0.1) is 0 Å². The zero-order chi connectivity index (χ0) is 12.5. The zero-order valence-electron chi connectivity index (χ0n) is 10.9. The monoisotopic (exact) mass is 248 g/mol. The first kappa shape index (κ1) is 12.0. The summed E-state index contributed by atoms with van der Waals surface area (Å²) in [6.45, 7) is 4.32. The second kappa shape index (κ2) is 4.88. The Bertz CT molecular complexity index is 415. The molecule has 98 valence electrons. The van der Waals surface area contributed by atoms with E-state index in [2.05, 4.69) is 17.1 Å². The molecule has 1 aliphatic heterocycles. The third-order valence-corrected chi connectivity index (χ3v) is 3.88. The van der Waals surface area contributed by atoms with E-state index in [1.54, 1.807) is 12.1 Å². The van der Waals surface area contributed by atoms with Crippen molar-refractivity contribution < 1.29 is 4.39 Å². The molecule has 2 unspecified atom stereocenters. The average molecular weight is 248 g/mol. The summed E-state index contributed by atoms with van der Waals surface area (Å²) in [6, 6.07) is 8.27. The highest BCUT2D eigenvalue weighted by Crippen LogP contribution is 2.26. The van der Waals surface area contributed by atoms with Crippen LogP contribution in [0.25, 0.3) is 0 Å². The van der Waals surface area contributed by atoms with Gasteiger partial charge in [-0.05, 0) is 43.4 Å². The van der Waals surface area contributed by atoms with E-state index in [4.69, 9.17) is 0 Å². The molecule has 3 rings (SSSR count). The number of benzene rings is 1. The molecule has 2 aliphatic rings. The maximum Gasteiger partial charge on any atom is 0.125 e. The normalized spacial score (nSPS) is 28.4. The fourth-order valence-corrected chi connectivity index (χ4v) is 2.94. The van der Waals surface area contributed by atoms with Gasteiger partial charge in [-0.1, -0.05) is 13.0 Å². The first-order chi connectivity index (χ1) is 8.70. The van der Waals surface area contributed by atoms with Crippen LogP contribution in [0.3, 0.4) is 0 Å². The van der Waals surface area contributed by atoms with Gasteiger partial charge in [-0.2, -0.15) is 0 Å². The third kappa shape index (κ3) is 2.83. The van der Waals surface area contributed by atoms with Crippen LogP contribution in [0.1, 0.15) is 26.2 Å². The molecular formula is C15H21FN2. The van der Waals surface area contributed by atoms with Crippen molar-refractivity contribution in [2.75, 3.05) is 18.0 Å². The minimum Gasteiger partial charge on any atom is -0.370 e. The Morgan fingerprint density at radius 3 is 2.78 bits per heavy atom. The summed E-state index contributed by atoms with van der Waals surface area (Å²) in [6.07, 6.45) is 3.89. The number of hydrogen-bond donors (Lipinski definition) is 1. The van der Waals surface area contributed by atoms with Gasteiger partial charge in [0.25, 0.3) is 0 Å². The lowest BCUT2D eigenvalue weighted by molar-refractivity contribution is 0.349. The first-order valence-corrected chi connectivity index (χ1v) is 6.97. The topological polar surface area (TPSA) is 15.3 Å². The Labute approximate surface area is 108 Å². The Hall–Kier alpha value is -1.09. The Kier molecular flexibility index (Phi) is 3.25. The van der Waals surface area contributed by atoms with Crippen LogP contribution < -0.4 is 10.2 Å². The molecule has 0 aromatic heterocycles. The van der Waals surface area contributed by atoms with Crippen LogP contribution in [-0.2, 0) is 0 Å². The van der Waals surface area contributed by atoms with Crippen LogP contribution in [0.5, 0.6) is 0 Å². The molecule has 0 bridgehead atoms. The van der Waals surface area contributed by atoms with E-state index in [1.165, 1.54) is 25.3 Å². The van der Waals surface area contributed by atoms with E-state index in [0.29, 0.717) is 12.0 Å². The van der Waals surface area contributed by atoms with Gasteiger partial charge in [0.05, 0.1) is 0 Å². The van der Waals surface area contributed by atoms with E-state index in [1.807, 2.05) is 6.07 Å². The van der Waals surface area contributed by atoms with Crippen LogP contribution in [0, 0.1) is 11.7 Å². The maximum absolute atomic E-state index is 13.3. The molecule has 1 aromatic carbocycles. The average Bonchev–Trinajstić information content (AvgIpc) is 3.12. The van der Waals surface area contributed by atoms with Crippen LogP contribution in [-0.4, -0.2) is 25.2 Å². The summed E-state index contributed by atoms with van der Waals surface area (Å²) in [5.74, 6) is 0.524. The molecule has 3 heteroatoms. The molecule has 0 spiro atoms. The lowest BCUT2D eigenvalue weighted by atomic mass is 9.95. The molecular weight excluding hydrogens is 227 g/mol. The first-order valence-electron chi connectivity index (χ1n) is 6.97. The van der Waals surface area contributed by atoms with Gasteiger partial charge in [0, 0.05) is 30.9 Å². The molecule has 2 fully saturated rings. The van der Waals surface area contributed by atoms with Gasteiger partial charge in [-0.25, -0.2) is 4.39 Å². The summed E-state index contributed by atoms with van der Waals surface area (Å²) in [5, 5.41) is 3.70. The SMILES string of the molecule is CC1CC(NC2CC2)CN(c2cccc(F)c2)C1. The Morgan fingerprint density at radius 1 is 1.22 bits per heavy atom. The number of piperidine rings is 1. The second-order valence-electron chi connectivity index (χ2n) is 5.86. The molecule has 18 heavy (non-hydrogen) atoms. The number of anilines is 1. The van der Waals surface area contributed by atoms with Gasteiger partial charge in [-0.3, -0.25) is 0 Å². The molecule has 1 saturated carbocycles. The number of rotatable bonds is 3. The van der Waals surface area contributed by atoms with Crippen molar-refractivity contribution in [2.24, 2.45) is 5.92 Å². The third-order valence-electron chi connectivity index (χ3n) is 3.88. The molecule has 1 aliphatic carbocycles. The molecule has 1 aromatic rings. The van der Waals surface area contributed by atoms with E-state index in [-0.39, 0.29) is 5.82 Å². The predicted molar refractivity (Wildman–Crippen MR) is 72.3 cm³/mol. The lowest BCUT2D eigenvalue weighted by Gasteiger charge is -2.38. The second-order valence-corrected chi connectivity index (χ2v) is 5.86. The van der Waals surface area contributed by atoms with Crippen molar-refractivity contribution in [3.05, 3.63) is 30.1 Å². The zero-order valence-corrected chi connectivity index (χ0v) is 10.9. The van der Waals surface area contributed by atoms with Crippen molar-refractivity contribution in [1.82, 2.24) is 5.32 Å². The number of halogens is 1. The van der Waals surface area contributed by atoms with Crippen molar-refractivity contribution in [3.63, 3.8) is 0 Å². The minimum absolute atomic E-state index is 0.141. The Balaban J connectivity index is 1.70. The van der Waals surface area contributed by atoms with E-state index in [9.17, 15) is 4.39 Å². The van der Waals surface area contributed by atoms with Gasteiger partial charge < -0.3 is 10.2 Å². The van der Waals surface area contributed by atoms with Crippen LogP contribution in [0.2, 0.25) is 0 Å². The van der Waals surface area contributed by atoms with Gasteiger partial charge in [0.1, 0.15) is 5.82 Å². The summed E-state index contributed by atoms with van der Waals surface area (Å²) >= 11 is 0. The van der Waals surface area contributed by atoms with Crippen LogP contribution in [0.15, 0.2) is 24.3 Å². The molecule has 0 radical (unpaired) electrons. The van der Waals surface area contributed by atoms with Crippen molar-refractivity contribution >= 4 is 5.69 Å². The highest BCUT2D eigenvalue weighted by molar-refractivity contribution is 5.47. The van der Waals surface area contributed by atoms with Gasteiger partial charge in [0.2, 0.25) is 0 Å². The summed E-state index contributed by atoms with van der Waals surface area (Å²) in [4.78, 5) is 2.32. The lowest BCUT2D eigenvalue weighted by Crippen LogP contribution is -2.49. The summed E-state index contributed by atoms with van der Waals surface area (Å²) in [5.41, 5.74) is 1.02. The molecule has 1 saturated heterocycles. The molecule has 1 heterocycles. The summed E-state index contributed by atoms with van der Waals surface area (Å²) < 4.78 is 13.3. The minimum atomic E-state index is -0.141. The molecule has 2 nitrogen and oxygen atoms in total. The Morgan fingerprint density at radius 2 is 2.06 bits per heavy atom. The summed E-state index contributed by atoms with van der Waals surface area (Å²) in [7, 11) is 0. The molecule has 0 amide bonds. The highest BCUT2D eigenvalue weighted by Gasteiger charge is 2.30. The smallest absolute Gasteiger partial charge is 0.125 e. The number of hydrogen-bond acceptors (Lipinski definition) is 2. The molecule has 1 N–H and O–H groups in total. The van der Waals surface area contributed by atoms with E-state index >= 15 is 0 Å². The van der Waals surface area contributed by atoms with Gasteiger partial charge in [0.15, 0.2) is 0 Å². The predicted octanol–water partition coefficient (Wildman–Crippen LogP) is 2.79. The van der Waals surface area contributed by atoms with Crippen molar-refractivity contribution in [2.45, 2.75) is 38.3 Å². The maximum atomic E-state index is 13.3. The quantitative estimate of drug-likeness (QED) is 0.885. The van der Waals surface area contributed by atoms with E-state index in [0.717, 1.165) is 24.8 Å². The standard InChI is InChI=1S/C15H21FN2/c1-11-7-14(17-13-5-6-13)10-18(9-11)15-4-2-3-12(16)8-15/h2-4,8,11,13-14,17H,5-7,9-10H2,1H3. The fourth-order valence-electron chi connectivity index (χ4n) is 2.94. The van der Waals surface area contributed by atoms with Crippen molar-refractivity contribution in [3.8, 4) is 0 Å².